The Hall–Kier alpha value is -1.96. The number of fused-ring (bicyclic) bond motifs is 1. The zero-order chi connectivity index (χ0) is 14.6. The molecule has 0 N–H and O–H groups in total. The smallest absolute Gasteiger partial charge is 0.196 e. The lowest BCUT2D eigenvalue weighted by Gasteiger charge is -2.46. The maximum atomic E-state index is 13.3. The second-order valence-corrected chi connectivity index (χ2v) is 6.22. The quantitative estimate of drug-likeness (QED) is 0.771. The third-order valence-corrected chi connectivity index (χ3v) is 5.64. The van der Waals surface area contributed by atoms with Gasteiger partial charge in [0.15, 0.2) is 23.7 Å². The van der Waals surface area contributed by atoms with E-state index in [0.717, 1.165) is 18.5 Å². The Morgan fingerprint density at radius 2 is 1.67 bits per heavy atom. The Morgan fingerprint density at radius 3 is 2.38 bits per heavy atom. The lowest BCUT2D eigenvalue weighted by Crippen LogP contribution is -2.64. The summed E-state index contributed by atoms with van der Waals surface area (Å²) in [6.07, 6.45) is 3.95. The summed E-state index contributed by atoms with van der Waals surface area (Å²) in [5.74, 6) is 0.328. The lowest BCUT2D eigenvalue weighted by atomic mass is 9.57. The van der Waals surface area contributed by atoms with Gasteiger partial charge in [-0.25, -0.2) is 0 Å². The monoisotopic (exact) mass is 278 g/mol. The molecular formula is C19H20NO+. The molecule has 1 aromatic heterocycles. The SMILES string of the molecule is CCC1(CC)C(=O)C2c3ccccc3C1[n+]1ccccc12. The normalized spacial score (nSPS) is 24.6. The fourth-order valence-electron chi connectivity index (χ4n) is 4.53. The van der Waals surface area contributed by atoms with Crippen molar-refractivity contribution in [2.75, 3.05) is 0 Å². The molecular weight excluding hydrogens is 258 g/mol. The molecule has 3 heterocycles. The minimum absolute atomic E-state index is 0.0905. The summed E-state index contributed by atoms with van der Waals surface area (Å²) in [5.41, 5.74) is 3.47. The highest BCUT2D eigenvalue weighted by molar-refractivity contribution is 5.96. The largest absolute Gasteiger partial charge is 0.297 e. The van der Waals surface area contributed by atoms with E-state index in [4.69, 9.17) is 0 Å². The van der Waals surface area contributed by atoms with E-state index in [2.05, 4.69) is 61.0 Å². The van der Waals surface area contributed by atoms with Crippen molar-refractivity contribution >= 4 is 5.78 Å². The van der Waals surface area contributed by atoms with Crippen LogP contribution in [0.5, 0.6) is 0 Å². The topological polar surface area (TPSA) is 20.9 Å². The van der Waals surface area contributed by atoms with Crippen molar-refractivity contribution in [3.8, 4) is 0 Å². The molecule has 0 spiro atoms. The number of hydrogen-bond acceptors (Lipinski definition) is 1. The van der Waals surface area contributed by atoms with Crippen molar-refractivity contribution in [1.82, 2.24) is 0 Å². The first-order chi connectivity index (χ1) is 10.2. The van der Waals surface area contributed by atoms with Crippen LogP contribution in [0.4, 0.5) is 0 Å². The standard InChI is InChI=1S/C19H20NO/c1-3-19(4-2)17-14-10-6-5-9-13(14)16(18(19)21)15-11-7-8-12-20(15)17/h5-12,16-17H,3-4H2,1-2H3/q+1. The van der Waals surface area contributed by atoms with Gasteiger partial charge in [0.25, 0.3) is 0 Å². The fraction of sp³-hybridized carbons (Fsp3) is 0.368. The molecule has 3 aliphatic rings. The Morgan fingerprint density at radius 1 is 1.00 bits per heavy atom. The molecule has 0 fully saturated rings. The highest BCUT2D eigenvalue weighted by Crippen LogP contribution is 2.54. The van der Waals surface area contributed by atoms with Crippen molar-refractivity contribution in [3.05, 3.63) is 65.5 Å². The van der Waals surface area contributed by atoms with Crippen LogP contribution < -0.4 is 4.57 Å². The number of aromatic nitrogens is 1. The van der Waals surface area contributed by atoms with Gasteiger partial charge in [0.05, 0.1) is 5.41 Å². The van der Waals surface area contributed by atoms with Gasteiger partial charge >= 0.3 is 0 Å². The minimum atomic E-state index is -0.252. The van der Waals surface area contributed by atoms with Crippen LogP contribution in [-0.2, 0) is 4.79 Å². The molecule has 1 aromatic carbocycles. The Labute approximate surface area is 125 Å². The number of carbonyl (C=O) groups is 1. The van der Waals surface area contributed by atoms with Crippen molar-refractivity contribution in [2.45, 2.75) is 38.6 Å². The van der Waals surface area contributed by atoms with E-state index in [1.807, 2.05) is 6.07 Å². The number of pyridine rings is 1. The van der Waals surface area contributed by atoms with E-state index in [0.29, 0.717) is 5.78 Å². The summed E-state index contributed by atoms with van der Waals surface area (Å²) in [4.78, 5) is 13.3. The van der Waals surface area contributed by atoms with E-state index >= 15 is 0 Å². The summed E-state index contributed by atoms with van der Waals surface area (Å²) in [6.45, 7) is 4.32. The predicted molar refractivity (Wildman–Crippen MR) is 81.1 cm³/mol. The van der Waals surface area contributed by atoms with Crippen LogP contribution in [-0.4, -0.2) is 5.78 Å². The van der Waals surface area contributed by atoms with Gasteiger partial charge in [-0.05, 0) is 18.4 Å². The van der Waals surface area contributed by atoms with Crippen molar-refractivity contribution in [2.24, 2.45) is 5.41 Å². The van der Waals surface area contributed by atoms with Gasteiger partial charge in [0.1, 0.15) is 5.92 Å². The van der Waals surface area contributed by atoms with Gasteiger partial charge in [-0.15, -0.1) is 0 Å². The highest BCUT2D eigenvalue weighted by atomic mass is 16.1. The zero-order valence-electron chi connectivity index (χ0n) is 12.5. The van der Waals surface area contributed by atoms with Crippen LogP contribution in [0.3, 0.4) is 0 Å². The van der Waals surface area contributed by atoms with Crippen LogP contribution in [0.2, 0.25) is 0 Å². The van der Waals surface area contributed by atoms with Gasteiger partial charge in [-0.2, -0.15) is 4.57 Å². The van der Waals surface area contributed by atoms with Gasteiger partial charge in [-0.1, -0.05) is 44.2 Å². The molecule has 1 aliphatic carbocycles. The molecule has 2 aromatic rings. The Kier molecular flexibility index (Phi) is 2.59. The number of Topliss-reactive ketones (excluding diaryl/α,β-unsaturated/α-hetero) is 1. The molecule has 21 heavy (non-hydrogen) atoms. The number of nitrogens with zero attached hydrogens (tertiary/aromatic N) is 1. The van der Waals surface area contributed by atoms with Crippen molar-refractivity contribution in [3.63, 3.8) is 0 Å². The number of ketones is 1. The van der Waals surface area contributed by atoms with E-state index in [-0.39, 0.29) is 17.4 Å². The Bertz CT molecular complexity index is 682. The summed E-state index contributed by atoms with van der Waals surface area (Å²) in [6, 6.07) is 14.9. The molecule has 2 nitrogen and oxygen atoms in total. The average Bonchev–Trinajstić information content (AvgIpc) is 2.55. The molecule has 2 bridgehead atoms. The van der Waals surface area contributed by atoms with Gasteiger partial charge in [0.2, 0.25) is 0 Å². The van der Waals surface area contributed by atoms with E-state index in [9.17, 15) is 4.79 Å². The van der Waals surface area contributed by atoms with Crippen LogP contribution in [0.15, 0.2) is 48.7 Å². The molecule has 0 saturated heterocycles. The first kappa shape index (κ1) is 12.8. The molecule has 2 atom stereocenters. The maximum absolute atomic E-state index is 13.3. The molecule has 0 saturated carbocycles. The maximum Gasteiger partial charge on any atom is 0.196 e. The van der Waals surface area contributed by atoms with E-state index in [1.165, 1.54) is 11.1 Å². The van der Waals surface area contributed by atoms with Crippen LogP contribution in [0.25, 0.3) is 0 Å². The number of hydrogen-bond donors (Lipinski definition) is 0. The van der Waals surface area contributed by atoms with Gasteiger partial charge in [0, 0.05) is 17.7 Å². The summed E-state index contributed by atoms with van der Waals surface area (Å²) >= 11 is 0. The molecule has 5 rings (SSSR count). The number of rotatable bonds is 2. The minimum Gasteiger partial charge on any atom is -0.297 e. The summed E-state index contributed by atoms with van der Waals surface area (Å²) in [5, 5.41) is 0. The third kappa shape index (κ3) is 1.38. The van der Waals surface area contributed by atoms with Crippen molar-refractivity contribution in [1.29, 1.82) is 0 Å². The third-order valence-electron chi connectivity index (χ3n) is 5.64. The van der Waals surface area contributed by atoms with Gasteiger partial charge < -0.3 is 0 Å². The molecule has 2 heteroatoms. The Balaban J connectivity index is 2.10. The summed E-state index contributed by atoms with van der Waals surface area (Å²) < 4.78 is 2.35. The molecule has 2 unspecified atom stereocenters. The molecule has 2 aliphatic heterocycles. The highest BCUT2D eigenvalue weighted by Gasteiger charge is 2.62. The first-order valence-corrected chi connectivity index (χ1v) is 7.87. The molecule has 0 amide bonds. The van der Waals surface area contributed by atoms with E-state index in [1.54, 1.807) is 0 Å². The van der Waals surface area contributed by atoms with Crippen molar-refractivity contribution < 1.29 is 9.36 Å². The second-order valence-electron chi connectivity index (χ2n) is 6.22. The van der Waals surface area contributed by atoms with Crippen LogP contribution >= 0.6 is 0 Å². The van der Waals surface area contributed by atoms with Crippen LogP contribution in [0, 0.1) is 5.41 Å². The van der Waals surface area contributed by atoms with E-state index < -0.39 is 0 Å². The molecule has 0 radical (unpaired) electrons. The van der Waals surface area contributed by atoms with Crippen LogP contribution in [0.1, 0.15) is 55.5 Å². The predicted octanol–water partition coefficient (Wildman–Crippen LogP) is 3.40. The first-order valence-electron chi connectivity index (χ1n) is 7.87. The summed E-state index contributed by atoms with van der Waals surface area (Å²) in [7, 11) is 0. The number of benzene rings is 1. The zero-order valence-corrected chi connectivity index (χ0v) is 12.5. The lowest BCUT2D eigenvalue weighted by molar-refractivity contribution is -0.738. The second kappa shape index (κ2) is 4.27. The van der Waals surface area contributed by atoms with Gasteiger partial charge in [-0.3, -0.25) is 4.79 Å². The fourth-order valence-corrected chi connectivity index (χ4v) is 4.53. The average molecular weight is 278 g/mol. The number of carbonyl (C=O) groups excluding carboxylic acids is 1. The molecule has 106 valence electrons.